The number of anilines is 2. The van der Waals surface area contributed by atoms with Crippen molar-refractivity contribution in [2.45, 2.75) is 0 Å². The number of hydrogen-bond acceptors (Lipinski definition) is 4. The summed E-state index contributed by atoms with van der Waals surface area (Å²) < 4.78 is 0. The number of nitriles is 1. The molecule has 22 heavy (non-hydrogen) atoms. The standard InChI is InChI=1S/C18H12N2OS/c19-12-13-5-4-8-15(11-13)20-16-9-10-22-18(16)17(21)14-6-2-1-3-7-14/h1-11,20H. The Morgan fingerprint density at radius 1 is 1.05 bits per heavy atom. The van der Waals surface area contributed by atoms with Crippen molar-refractivity contribution in [3.8, 4) is 6.07 Å². The Hall–Kier alpha value is -2.90. The number of rotatable bonds is 4. The number of benzene rings is 2. The van der Waals surface area contributed by atoms with Crippen molar-refractivity contribution in [2.24, 2.45) is 0 Å². The molecule has 1 N–H and O–H groups in total. The van der Waals surface area contributed by atoms with Crippen LogP contribution in [0.15, 0.2) is 66.0 Å². The molecule has 0 aliphatic carbocycles. The van der Waals surface area contributed by atoms with Crippen molar-refractivity contribution in [3.05, 3.63) is 82.0 Å². The topological polar surface area (TPSA) is 52.9 Å². The summed E-state index contributed by atoms with van der Waals surface area (Å²) in [6.45, 7) is 0. The molecule has 1 aromatic heterocycles. The van der Waals surface area contributed by atoms with Crippen molar-refractivity contribution in [3.63, 3.8) is 0 Å². The lowest BCUT2D eigenvalue weighted by Gasteiger charge is -2.07. The summed E-state index contributed by atoms with van der Waals surface area (Å²) in [7, 11) is 0. The van der Waals surface area contributed by atoms with Crippen LogP contribution >= 0.6 is 11.3 Å². The molecule has 0 aliphatic rings. The molecule has 0 amide bonds. The highest BCUT2D eigenvalue weighted by Crippen LogP contribution is 2.28. The Labute approximate surface area is 132 Å². The number of nitrogens with zero attached hydrogens (tertiary/aromatic N) is 1. The molecule has 4 heteroatoms. The summed E-state index contributed by atoms with van der Waals surface area (Å²) in [6, 6.07) is 20.4. The lowest BCUT2D eigenvalue weighted by Crippen LogP contribution is -2.02. The predicted octanol–water partition coefficient (Wildman–Crippen LogP) is 4.59. The molecule has 0 atom stereocenters. The van der Waals surface area contributed by atoms with E-state index in [-0.39, 0.29) is 5.78 Å². The highest BCUT2D eigenvalue weighted by Gasteiger charge is 2.15. The molecule has 0 aliphatic heterocycles. The Balaban J connectivity index is 1.89. The predicted molar refractivity (Wildman–Crippen MR) is 88.6 cm³/mol. The lowest BCUT2D eigenvalue weighted by atomic mass is 10.1. The number of thiophene rings is 1. The zero-order chi connectivity index (χ0) is 15.4. The van der Waals surface area contributed by atoms with E-state index in [9.17, 15) is 4.79 Å². The second-order valence-corrected chi connectivity index (χ2v) is 5.59. The fraction of sp³-hybridized carbons (Fsp3) is 0. The van der Waals surface area contributed by atoms with Gasteiger partial charge in [0.15, 0.2) is 0 Å². The van der Waals surface area contributed by atoms with E-state index in [1.807, 2.05) is 53.9 Å². The van der Waals surface area contributed by atoms with Crippen LogP contribution in [0.1, 0.15) is 20.8 Å². The van der Waals surface area contributed by atoms with Gasteiger partial charge in [-0.25, -0.2) is 0 Å². The van der Waals surface area contributed by atoms with Gasteiger partial charge >= 0.3 is 0 Å². The summed E-state index contributed by atoms with van der Waals surface area (Å²) in [6.07, 6.45) is 0. The van der Waals surface area contributed by atoms with Crippen LogP contribution in [-0.4, -0.2) is 5.78 Å². The van der Waals surface area contributed by atoms with Gasteiger partial charge in [-0.05, 0) is 29.6 Å². The van der Waals surface area contributed by atoms with Gasteiger partial charge in [0.05, 0.1) is 22.2 Å². The second kappa shape index (κ2) is 6.25. The average Bonchev–Trinajstić information content (AvgIpc) is 3.03. The first kappa shape index (κ1) is 14.1. The van der Waals surface area contributed by atoms with Crippen molar-refractivity contribution in [1.29, 1.82) is 5.26 Å². The number of carbonyl (C=O) groups excluding carboxylic acids is 1. The van der Waals surface area contributed by atoms with Gasteiger partial charge in [0.25, 0.3) is 0 Å². The molecule has 3 rings (SSSR count). The maximum absolute atomic E-state index is 12.6. The molecular formula is C18H12N2OS. The number of hydrogen-bond donors (Lipinski definition) is 1. The second-order valence-electron chi connectivity index (χ2n) is 4.68. The number of nitrogens with one attached hydrogen (secondary N) is 1. The van der Waals surface area contributed by atoms with Crippen LogP contribution in [0.3, 0.4) is 0 Å². The van der Waals surface area contributed by atoms with Crippen LogP contribution in [0, 0.1) is 11.3 Å². The Kier molecular flexibility index (Phi) is 3.99. The van der Waals surface area contributed by atoms with Crippen LogP contribution in [-0.2, 0) is 0 Å². The highest BCUT2D eigenvalue weighted by atomic mass is 32.1. The first-order valence-electron chi connectivity index (χ1n) is 6.72. The quantitative estimate of drug-likeness (QED) is 0.717. The van der Waals surface area contributed by atoms with E-state index in [0.29, 0.717) is 16.0 Å². The zero-order valence-corrected chi connectivity index (χ0v) is 12.4. The fourth-order valence-corrected chi connectivity index (χ4v) is 2.94. The van der Waals surface area contributed by atoms with Gasteiger partial charge in [0.1, 0.15) is 0 Å². The first-order valence-corrected chi connectivity index (χ1v) is 7.60. The number of carbonyl (C=O) groups is 1. The monoisotopic (exact) mass is 304 g/mol. The van der Waals surface area contributed by atoms with E-state index in [0.717, 1.165) is 11.4 Å². The Morgan fingerprint density at radius 2 is 1.86 bits per heavy atom. The minimum absolute atomic E-state index is 0.00506. The van der Waals surface area contributed by atoms with Crippen molar-refractivity contribution >= 4 is 28.5 Å². The van der Waals surface area contributed by atoms with Crippen LogP contribution in [0.25, 0.3) is 0 Å². The van der Waals surface area contributed by atoms with E-state index >= 15 is 0 Å². The molecule has 1 heterocycles. The van der Waals surface area contributed by atoms with Crippen LogP contribution < -0.4 is 5.32 Å². The largest absolute Gasteiger partial charge is 0.354 e. The van der Waals surface area contributed by atoms with E-state index in [4.69, 9.17) is 5.26 Å². The third-order valence-electron chi connectivity index (χ3n) is 3.18. The molecule has 0 radical (unpaired) electrons. The Bertz CT molecular complexity index is 847. The van der Waals surface area contributed by atoms with Crippen LogP contribution in [0.2, 0.25) is 0 Å². The summed E-state index contributed by atoms with van der Waals surface area (Å²) in [5, 5.41) is 14.0. The number of ketones is 1. The van der Waals surface area contributed by atoms with Gasteiger partial charge < -0.3 is 5.32 Å². The van der Waals surface area contributed by atoms with E-state index in [1.165, 1.54) is 11.3 Å². The normalized spacial score (nSPS) is 9.95. The molecule has 0 unspecified atom stereocenters. The Morgan fingerprint density at radius 3 is 2.64 bits per heavy atom. The molecule has 106 valence electrons. The van der Waals surface area contributed by atoms with Gasteiger partial charge in [-0.2, -0.15) is 5.26 Å². The van der Waals surface area contributed by atoms with E-state index in [2.05, 4.69) is 11.4 Å². The first-order chi connectivity index (χ1) is 10.8. The maximum atomic E-state index is 12.6. The maximum Gasteiger partial charge on any atom is 0.205 e. The lowest BCUT2D eigenvalue weighted by molar-refractivity contribution is 0.104. The SMILES string of the molecule is N#Cc1cccc(Nc2ccsc2C(=O)c2ccccc2)c1. The van der Waals surface area contributed by atoms with Gasteiger partial charge in [0, 0.05) is 11.3 Å². The molecule has 0 bridgehead atoms. The molecule has 0 spiro atoms. The summed E-state index contributed by atoms with van der Waals surface area (Å²) in [4.78, 5) is 13.2. The smallest absolute Gasteiger partial charge is 0.205 e. The third kappa shape index (κ3) is 2.90. The van der Waals surface area contributed by atoms with Crippen molar-refractivity contribution in [1.82, 2.24) is 0 Å². The molecule has 3 nitrogen and oxygen atoms in total. The van der Waals surface area contributed by atoms with E-state index in [1.54, 1.807) is 12.1 Å². The van der Waals surface area contributed by atoms with E-state index < -0.39 is 0 Å². The molecule has 0 saturated heterocycles. The molecule has 0 saturated carbocycles. The summed E-state index contributed by atoms with van der Waals surface area (Å²) in [5.74, 6) is -0.00506. The molecule has 2 aromatic carbocycles. The fourth-order valence-electron chi connectivity index (χ4n) is 2.13. The van der Waals surface area contributed by atoms with Gasteiger partial charge in [-0.3, -0.25) is 4.79 Å². The van der Waals surface area contributed by atoms with Gasteiger partial charge in [0.2, 0.25) is 5.78 Å². The van der Waals surface area contributed by atoms with Gasteiger partial charge in [-0.1, -0.05) is 36.4 Å². The molecule has 3 aromatic rings. The van der Waals surface area contributed by atoms with Crippen molar-refractivity contribution < 1.29 is 4.79 Å². The summed E-state index contributed by atoms with van der Waals surface area (Å²) in [5.41, 5.74) is 2.79. The minimum Gasteiger partial charge on any atom is -0.354 e. The molecular weight excluding hydrogens is 292 g/mol. The van der Waals surface area contributed by atoms with Gasteiger partial charge in [-0.15, -0.1) is 11.3 Å². The average molecular weight is 304 g/mol. The van der Waals surface area contributed by atoms with Crippen LogP contribution in [0.5, 0.6) is 0 Å². The minimum atomic E-state index is -0.00506. The zero-order valence-electron chi connectivity index (χ0n) is 11.6. The van der Waals surface area contributed by atoms with Crippen molar-refractivity contribution in [2.75, 3.05) is 5.32 Å². The van der Waals surface area contributed by atoms with Crippen LogP contribution in [0.4, 0.5) is 11.4 Å². The molecule has 0 fully saturated rings. The third-order valence-corrected chi connectivity index (χ3v) is 4.09. The summed E-state index contributed by atoms with van der Waals surface area (Å²) >= 11 is 1.40. The highest BCUT2D eigenvalue weighted by molar-refractivity contribution is 7.13.